The van der Waals surface area contributed by atoms with Gasteiger partial charge in [0.05, 0.1) is 0 Å². The maximum atomic E-state index is 12.1. The third-order valence-corrected chi connectivity index (χ3v) is 3.53. The molecule has 1 aromatic carbocycles. The Morgan fingerprint density at radius 2 is 2.13 bits per heavy atom. The lowest BCUT2D eigenvalue weighted by atomic mass is 10.1. The fourth-order valence-corrected chi connectivity index (χ4v) is 2.26. The number of benzene rings is 1. The number of nitrogens with one attached hydrogen (secondary N) is 2. The Kier molecular flexibility index (Phi) is 6.81. The summed E-state index contributed by atoms with van der Waals surface area (Å²) in [5, 5.41) is 6.67. The molecule has 23 heavy (non-hydrogen) atoms. The highest BCUT2D eigenvalue weighted by Crippen LogP contribution is 2.10. The highest BCUT2D eigenvalue weighted by molar-refractivity contribution is 6.30. The van der Waals surface area contributed by atoms with Crippen molar-refractivity contribution in [1.29, 1.82) is 0 Å². The number of anilines is 1. The molecule has 6 heteroatoms. The molecule has 2 aromatic rings. The van der Waals surface area contributed by atoms with E-state index in [1.54, 1.807) is 12.3 Å². The Bertz CT molecular complexity index is 648. The summed E-state index contributed by atoms with van der Waals surface area (Å²) in [6.45, 7) is 3.45. The molecular formula is C17H21ClN4O. The standard InChI is InChI=1S/C17H21ClN4O/c1-2-3-9-20-17-21-11-8-15(22-17)16(23)19-10-7-13-5-4-6-14(18)12-13/h4-6,8,11-12H,2-3,7,9-10H2,1H3,(H,19,23)(H,20,21,22). The summed E-state index contributed by atoms with van der Waals surface area (Å²) in [5.74, 6) is 0.286. The highest BCUT2D eigenvalue weighted by Gasteiger charge is 2.08. The smallest absolute Gasteiger partial charge is 0.270 e. The molecule has 1 amide bonds. The van der Waals surface area contributed by atoms with Gasteiger partial charge in [0.2, 0.25) is 5.95 Å². The van der Waals surface area contributed by atoms with Gasteiger partial charge in [0, 0.05) is 24.3 Å². The maximum absolute atomic E-state index is 12.1. The van der Waals surface area contributed by atoms with Crippen LogP contribution < -0.4 is 10.6 Å². The highest BCUT2D eigenvalue weighted by atomic mass is 35.5. The summed E-state index contributed by atoms with van der Waals surface area (Å²) in [7, 11) is 0. The van der Waals surface area contributed by atoms with Crippen molar-refractivity contribution in [3.05, 3.63) is 52.8 Å². The van der Waals surface area contributed by atoms with E-state index >= 15 is 0 Å². The van der Waals surface area contributed by atoms with Crippen LogP contribution in [0.1, 0.15) is 35.8 Å². The van der Waals surface area contributed by atoms with Crippen LogP contribution in [-0.4, -0.2) is 29.0 Å². The van der Waals surface area contributed by atoms with Crippen molar-refractivity contribution < 1.29 is 4.79 Å². The second-order valence-electron chi connectivity index (χ2n) is 5.18. The van der Waals surface area contributed by atoms with Gasteiger partial charge < -0.3 is 10.6 Å². The van der Waals surface area contributed by atoms with Crippen molar-refractivity contribution in [3.8, 4) is 0 Å². The predicted octanol–water partition coefficient (Wildman–Crippen LogP) is 3.31. The van der Waals surface area contributed by atoms with Gasteiger partial charge in [-0.1, -0.05) is 37.1 Å². The van der Waals surface area contributed by atoms with Crippen LogP contribution in [0.15, 0.2) is 36.5 Å². The maximum Gasteiger partial charge on any atom is 0.270 e. The van der Waals surface area contributed by atoms with Gasteiger partial charge in [-0.05, 0) is 36.6 Å². The Hall–Kier alpha value is -2.14. The van der Waals surface area contributed by atoms with Crippen LogP contribution >= 0.6 is 11.6 Å². The Morgan fingerprint density at radius 3 is 2.91 bits per heavy atom. The SMILES string of the molecule is CCCCNc1nccc(C(=O)NCCc2cccc(Cl)c2)n1. The van der Waals surface area contributed by atoms with Crippen LogP contribution in [0.3, 0.4) is 0 Å². The Labute approximate surface area is 141 Å². The minimum atomic E-state index is -0.201. The molecule has 0 aliphatic heterocycles. The number of unbranched alkanes of at least 4 members (excludes halogenated alkanes) is 1. The van der Waals surface area contributed by atoms with Crippen LogP contribution in [-0.2, 0) is 6.42 Å². The Balaban J connectivity index is 1.84. The molecule has 0 saturated carbocycles. The lowest BCUT2D eigenvalue weighted by molar-refractivity contribution is 0.0949. The number of aromatic nitrogens is 2. The minimum absolute atomic E-state index is 0.201. The van der Waals surface area contributed by atoms with Crippen LogP contribution in [0.4, 0.5) is 5.95 Å². The summed E-state index contributed by atoms with van der Waals surface area (Å²) >= 11 is 5.94. The van der Waals surface area contributed by atoms with Crippen molar-refractivity contribution >= 4 is 23.5 Å². The van der Waals surface area contributed by atoms with E-state index in [0.717, 1.165) is 31.4 Å². The van der Waals surface area contributed by atoms with Gasteiger partial charge in [0.25, 0.3) is 5.91 Å². The van der Waals surface area contributed by atoms with Crippen LogP contribution in [0.5, 0.6) is 0 Å². The number of carbonyl (C=O) groups is 1. The number of amides is 1. The third-order valence-electron chi connectivity index (χ3n) is 3.29. The van der Waals surface area contributed by atoms with Gasteiger partial charge in [0.15, 0.2) is 0 Å². The van der Waals surface area contributed by atoms with E-state index < -0.39 is 0 Å². The summed E-state index contributed by atoms with van der Waals surface area (Å²) in [5.41, 5.74) is 1.45. The second-order valence-corrected chi connectivity index (χ2v) is 5.62. The van der Waals surface area contributed by atoms with Crippen LogP contribution in [0.2, 0.25) is 5.02 Å². The van der Waals surface area contributed by atoms with E-state index in [1.165, 1.54) is 0 Å². The molecule has 2 rings (SSSR count). The molecule has 0 atom stereocenters. The van der Waals surface area contributed by atoms with Gasteiger partial charge >= 0.3 is 0 Å². The zero-order valence-electron chi connectivity index (χ0n) is 13.2. The number of hydrogen-bond donors (Lipinski definition) is 2. The molecule has 122 valence electrons. The summed E-state index contributed by atoms with van der Waals surface area (Å²) in [4.78, 5) is 20.5. The molecule has 5 nitrogen and oxygen atoms in total. The largest absolute Gasteiger partial charge is 0.354 e. The number of nitrogens with zero attached hydrogens (tertiary/aromatic N) is 2. The Morgan fingerprint density at radius 1 is 1.26 bits per heavy atom. The van der Waals surface area contributed by atoms with Crippen LogP contribution in [0, 0.1) is 0 Å². The lowest BCUT2D eigenvalue weighted by Crippen LogP contribution is -2.27. The zero-order valence-corrected chi connectivity index (χ0v) is 13.9. The quantitative estimate of drug-likeness (QED) is 0.728. The first-order chi connectivity index (χ1) is 11.2. The van der Waals surface area contributed by atoms with E-state index in [1.807, 2.05) is 24.3 Å². The number of rotatable bonds is 8. The summed E-state index contributed by atoms with van der Waals surface area (Å²) in [6, 6.07) is 9.22. The average molecular weight is 333 g/mol. The molecule has 1 aromatic heterocycles. The third kappa shape index (κ3) is 5.87. The van der Waals surface area contributed by atoms with Gasteiger partial charge in [-0.15, -0.1) is 0 Å². The number of carbonyl (C=O) groups excluding carboxylic acids is 1. The topological polar surface area (TPSA) is 66.9 Å². The predicted molar refractivity (Wildman–Crippen MR) is 92.9 cm³/mol. The lowest BCUT2D eigenvalue weighted by Gasteiger charge is -2.07. The monoisotopic (exact) mass is 332 g/mol. The van der Waals surface area contributed by atoms with Gasteiger partial charge in [-0.3, -0.25) is 4.79 Å². The van der Waals surface area contributed by atoms with E-state index in [9.17, 15) is 4.79 Å². The molecule has 0 spiro atoms. The van der Waals surface area contributed by atoms with Gasteiger partial charge in [0.1, 0.15) is 5.69 Å². The fraction of sp³-hybridized carbons (Fsp3) is 0.353. The first-order valence-corrected chi connectivity index (χ1v) is 8.16. The molecule has 0 unspecified atom stereocenters. The molecule has 0 radical (unpaired) electrons. The molecule has 0 fully saturated rings. The van der Waals surface area contributed by atoms with E-state index in [2.05, 4.69) is 27.5 Å². The normalized spacial score (nSPS) is 10.3. The van der Waals surface area contributed by atoms with Gasteiger partial charge in [-0.2, -0.15) is 0 Å². The first kappa shape index (κ1) is 17.2. The van der Waals surface area contributed by atoms with E-state index in [4.69, 9.17) is 11.6 Å². The van der Waals surface area contributed by atoms with Crippen molar-refractivity contribution in [1.82, 2.24) is 15.3 Å². The van der Waals surface area contributed by atoms with Crippen molar-refractivity contribution in [2.75, 3.05) is 18.4 Å². The van der Waals surface area contributed by atoms with Crippen molar-refractivity contribution in [3.63, 3.8) is 0 Å². The number of hydrogen-bond acceptors (Lipinski definition) is 4. The van der Waals surface area contributed by atoms with Gasteiger partial charge in [-0.25, -0.2) is 9.97 Å². The van der Waals surface area contributed by atoms with Crippen molar-refractivity contribution in [2.45, 2.75) is 26.2 Å². The summed E-state index contributed by atoms with van der Waals surface area (Å²) in [6.07, 6.45) is 4.45. The molecule has 0 aliphatic carbocycles. The average Bonchev–Trinajstić information content (AvgIpc) is 2.55. The van der Waals surface area contributed by atoms with Crippen molar-refractivity contribution in [2.24, 2.45) is 0 Å². The summed E-state index contributed by atoms with van der Waals surface area (Å²) < 4.78 is 0. The molecule has 1 heterocycles. The first-order valence-electron chi connectivity index (χ1n) is 7.78. The van der Waals surface area contributed by atoms with E-state index in [-0.39, 0.29) is 5.91 Å². The molecular weight excluding hydrogens is 312 g/mol. The molecule has 0 bridgehead atoms. The minimum Gasteiger partial charge on any atom is -0.354 e. The fourth-order valence-electron chi connectivity index (χ4n) is 2.05. The molecule has 2 N–H and O–H groups in total. The van der Waals surface area contributed by atoms with Crippen LogP contribution in [0.25, 0.3) is 0 Å². The zero-order chi connectivity index (χ0) is 16.5. The molecule has 0 aliphatic rings. The molecule has 0 saturated heterocycles. The second kappa shape index (κ2) is 9.10. The van der Waals surface area contributed by atoms with E-state index in [0.29, 0.717) is 23.2 Å². The number of halogens is 1.